The number of anilines is 1. The first kappa shape index (κ1) is 15.5. The van der Waals surface area contributed by atoms with Crippen molar-refractivity contribution in [1.29, 1.82) is 0 Å². The van der Waals surface area contributed by atoms with Gasteiger partial charge in [-0.3, -0.25) is 10.1 Å². The first-order chi connectivity index (χ1) is 10.1. The fourth-order valence-corrected chi connectivity index (χ4v) is 2.54. The molecule has 7 heteroatoms. The molecular formula is C14H22N4O3. The van der Waals surface area contributed by atoms with Gasteiger partial charge in [-0.2, -0.15) is 4.98 Å². The molecule has 1 fully saturated rings. The molecule has 0 atom stereocenters. The maximum atomic E-state index is 11.2. The van der Waals surface area contributed by atoms with Crippen molar-refractivity contribution >= 4 is 11.6 Å². The molecule has 0 aromatic carbocycles. The Morgan fingerprint density at radius 1 is 1.38 bits per heavy atom. The minimum atomic E-state index is -0.469. The standard InChI is InChI=1S/C14H22N4O3/c1-3-8-15-14-16-10(2)12(18(19)20)13(17-14)21-9-11-6-4-5-7-11/h11H,3-9H2,1-2H3,(H,15,16,17). The van der Waals surface area contributed by atoms with Crippen LogP contribution in [0.5, 0.6) is 5.88 Å². The van der Waals surface area contributed by atoms with Crippen LogP contribution in [0.25, 0.3) is 0 Å². The largest absolute Gasteiger partial charge is 0.472 e. The molecule has 0 unspecified atom stereocenters. The van der Waals surface area contributed by atoms with Crippen molar-refractivity contribution in [2.45, 2.75) is 46.0 Å². The number of nitrogens with zero attached hydrogens (tertiary/aromatic N) is 3. The minimum Gasteiger partial charge on any atom is -0.472 e. The monoisotopic (exact) mass is 294 g/mol. The molecule has 1 aliphatic rings. The summed E-state index contributed by atoms with van der Waals surface area (Å²) in [5.41, 5.74) is 0.199. The van der Waals surface area contributed by atoms with Gasteiger partial charge in [0.2, 0.25) is 5.95 Å². The Hall–Kier alpha value is -1.92. The molecule has 7 nitrogen and oxygen atoms in total. The highest BCUT2D eigenvalue weighted by molar-refractivity contribution is 5.48. The van der Waals surface area contributed by atoms with Gasteiger partial charge in [-0.15, -0.1) is 0 Å². The number of aromatic nitrogens is 2. The van der Waals surface area contributed by atoms with Gasteiger partial charge in [0.05, 0.1) is 11.5 Å². The second-order valence-electron chi connectivity index (χ2n) is 5.43. The van der Waals surface area contributed by atoms with Crippen LogP contribution in [-0.2, 0) is 0 Å². The van der Waals surface area contributed by atoms with E-state index in [1.54, 1.807) is 6.92 Å². The summed E-state index contributed by atoms with van der Waals surface area (Å²) in [5, 5.41) is 14.2. The van der Waals surface area contributed by atoms with Crippen molar-refractivity contribution < 1.29 is 9.66 Å². The van der Waals surface area contributed by atoms with Gasteiger partial charge in [0.1, 0.15) is 5.69 Å². The van der Waals surface area contributed by atoms with Crippen LogP contribution in [0.15, 0.2) is 0 Å². The molecule has 0 saturated heterocycles. The van der Waals surface area contributed by atoms with Gasteiger partial charge in [0, 0.05) is 6.54 Å². The maximum absolute atomic E-state index is 11.2. The van der Waals surface area contributed by atoms with Crippen molar-refractivity contribution in [2.75, 3.05) is 18.5 Å². The topological polar surface area (TPSA) is 90.2 Å². The molecule has 1 N–H and O–H groups in total. The highest BCUT2D eigenvalue weighted by atomic mass is 16.6. The SMILES string of the molecule is CCCNc1nc(C)c([N+](=O)[O-])c(OCC2CCCC2)n1. The van der Waals surface area contributed by atoms with Crippen molar-refractivity contribution in [3.63, 3.8) is 0 Å². The molecule has 1 aliphatic carbocycles. The number of hydrogen-bond donors (Lipinski definition) is 1. The van der Waals surface area contributed by atoms with E-state index in [2.05, 4.69) is 15.3 Å². The van der Waals surface area contributed by atoms with E-state index in [1.807, 2.05) is 6.92 Å². The summed E-state index contributed by atoms with van der Waals surface area (Å²) in [6.45, 7) is 4.85. The lowest BCUT2D eigenvalue weighted by molar-refractivity contribution is -0.387. The third-order valence-corrected chi connectivity index (χ3v) is 3.67. The van der Waals surface area contributed by atoms with Gasteiger partial charge in [0.25, 0.3) is 5.88 Å². The second kappa shape index (κ2) is 7.19. The average Bonchev–Trinajstić information content (AvgIpc) is 2.95. The zero-order valence-corrected chi connectivity index (χ0v) is 12.6. The lowest BCUT2D eigenvalue weighted by Crippen LogP contribution is -2.13. The Bertz CT molecular complexity index is 501. The number of hydrogen-bond acceptors (Lipinski definition) is 6. The Morgan fingerprint density at radius 3 is 2.71 bits per heavy atom. The summed E-state index contributed by atoms with van der Waals surface area (Å²) in [7, 11) is 0. The van der Waals surface area contributed by atoms with Crippen molar-refractivity contribution in [3.8, 4) is 5.88 Å². The van der Waals surface area contributed by atoms with Crippen molar-refractivity contribution in [1.82, 2.24) is 9.97 Å². The van der Waals surface area contributed by atoms with E-state index in [4.69, 9.17) is 4.74 Å². The number of rotatable bonds is 7. The fourth-order valence-electron chi connectivity index (χ4n) is 2.54. The number of ether oxygens (including phenoxy) is 1. The van der Waals surface area contributed by atoms with Gasteiger partial charge < -0.3 is 10.1 Å². The summed E-state index contributed by atoms with van der Waals surface area (Å²) in [5.74, 6) is 0.950. The molecule has 0 aliphatic heterocycles. The summed E-state index contributed by atoms with van der Waals surface area (Å²) in [6.07, 6.45) is 5.60. The molecule has 1 heterocycles. The quantitative estimate of drug-likeness (QED) is 0.614. The van der Waals surface area contributed by atoms with Crippen LogP contribution < -0.4 is 10.1 Å². The lowest BCUT2D eigenvalue weighted by atomic mass is 10.1. The number of nitrogens with one attached hydrogen (secondary N) is 1. The van der Waals surface area contributed by atoms with Gasteiger partial charge in [-0.05, 0) is 32.1 Å². The molecule has 1 aromatic heterocycles. The smallest absolute Gasteiger partial charge is 0.352 e. The van der Waals surface area contributed by atoms with Crippen LogP contribution in [0.1, 0.15) is 44.7 Å². The third-order valence-electron chi connectivity index (χ3n) is 3.67. The van der Waals surface area contributed by atoms with Crippen LogP contribution in [0.2, 0.25) is 0 Å². The molecule has 0 spiro atoms. The summed E-state index contributed by atoms with van der Waals surface area (Å²) in [6, 6.07) is 0. The van der Waals surface area contributed by atoms with Crippen LogP contribution in [0.4, 0.5) is 11.6 Å². The van der Waals surface area contributed by atoms with E-state index in [-0.39, 0.29) is 11.6 Å². The molecule has 21 heavy (non-hydrogen) atoms. The first-order valence-corrected chi connectivity index (χ1v) is 7.51. The van der Waals surface area contributed by atoms with Crippen LogP contribution in [-0.4, -0.2) is 28.0 Å². The number of nitro groups is 1. The predicted molar refractivity (Wildman–Crippen MR) is 79.7 cm³/mol. The van der Waals surface area contributed by atoms with Crippen LogP contribution in [0.3, 0.4) is 0 Å². The Labute approximate surface area is 124 Å². The molecule has 1 saturated carbocycles. The van der Waals surface area contributed by atoms with Gasteiger partial charge in [-0.25, -0.2) is 4.98 Å². The van der Waals surface area contributed by atoms with Crippen LogP contribution in [0, 0.1) is 23.0 Å². The third kappa shape index (κ3) is 4.03. The van der Waals surface area contributed by atoms with Gasteiger partial charge >= 0.3 is 5.69 Å². The molecule has 0 radical (unpaired) electrons. The molecule has 1 aromatic rings. The zero-order valence-electron chi connectivity index (χ0n) is 12.6. The minimum absolute atomic E-state index is 0.0815. The average molecular weight is 294 g/mol. The fraction of sp³-hybridized carbons (Fsp3) is 0.714. The Kier molecular flexibility index (Phi) is 5.30. The zero-order chi connectivity index (χ0) is 15.2. The van der Waals surface area contributed by atoms with Gasteiger partial charge in [0.15, 0.2) is 0 Å². The molecule has 0 bridgehead atoms. The van der Waals surface area contributed by atoms with Crippen molar-refractivity contribution in [3.05, 3.63) is 15.8 Å². The lowest BCUT2D eigenvalue weighted by Gasteiger charge is -2.12. The maximum Gasteiger partial charge on any atom is 0.352 e. The van der Waals surface area contributed by atoms with Crippen LogP contribution >= 0.6 is 0 Å². The van der Waals surface area contributed by atoms with E-state index in [0.29, 0.717) is 24.2 Å². The highest BCUT2D eigenvalue weighted by Crippen LogP contribution is 2.31. The van der Waals surface area contributed by atoms with E-state index in [9.17, 15) is 10.1 Å². The molecule has 0 amide bonds. The molecular weight excluding hydrogens is 272 g/mol. The predicted octanol–water partition coefficient (Wildman–Crippen LogP) is 3.08. The van der Waals surface area contributed by atoms with Crippen molar-refractivity contribution in [2.24, 2.45) is 5.92 Å². The Morgan fingerprint density at radius 2 is 2.10 bits per heavy atom. The highest BCUT2D eigenvalue weighted by Gasteiger charge is 2.25. The molecule has 116 valence electrons. The summed E-state index contributed by atoms with van der Waals surface area (Å²) in [4.78, 5) is 19.0. The molecule has 2 rings (SSSR count). The first-order valence-electron chi connectivity index (χ1n) is 7.51. The van der Waals surface area contributed by atoms with E-state index in [1.165, 1.54) is 12.8 Å². The van der Waals surface area contributed by atoms with E-state index in [0.717, 1.165) is 25.8 Å². The summed E-state index contributed by atoms with van der Waals surface area (Å²) >= 11 is 0. The van der Waals surface area contributed by atoms with Gasteiger partial charge in [-0.1, -0.05) is 19.8 Å². The second-order valence-corrected chi connectivity index (χ2v) is 5.43. The Balaban J connectivity index is 2.17. The number of aryl methyl sites for hydroxylation is 1. The summed E-state index contributed by atoms with van der Waals surface area (Å²) < 4.78 is 5.65. The van der Waals surface area contributed by atoms with E-state index < -0.39 is 4.92 Å². The van der Waals surface area contributed by atoms with E-state index >= 15 is 0 Å². The normalized spacial score (nSPS) is 15.1.